The van der Waals surface area contributed by atoms with Crippen molar-refractivity contribution in [2.75, 3.05) is 25.1 Å². The lowest BCUT2D eigenvalue weighted by Crippen LogP contribution is -2.20. The monoisotopic (exact) mass is 395 g/mol. The van der Waals surface area contributed by atoms with E-state index in [0.29, 0.717) is 19.5 Å². The first-order valence-electron chi connectivity index (χ1n) is 5.57. The molecule has 6 heteroatoms. The molecule has 1 heterocycles. The fourth-order valence-electron chi connectivity index (χ4n) is 2.10. The highest BCUT2D eigenvalue weighted by Crippen LogP contribution is 2.41. The molecule has 3 nitrogen and oxygen atoms in total. The standard InChI is InChI=1S/C12H12Br2ClNO2/c1-18-12(17)9-7(13)6-8(15)11(10(9)14)16-4-2-3-5-16/h6H,2-5H2,1H3. The molecule has 1 aliphatic heterocycles. The summed E-state index contributed by atoms with van der Waals surface area (Å²) in [6.07, 6.45) is 2.29. The Morgan fingerprint density at radius 1 is 1.39 bits per heavy atom. The average molecular weight is 397 g/mol. The summed E-state index contributed by atoms with van der Waals surface area (Å²) < 4.78 is 6.12. The van der Waals surface area contributed by atoms with Gasteiger partial charge in [-0.2, -0.15) is 0 Å². The summed E-state index contributed by atoms with van der Waals surface area (Å²) in [5.41, 5.74) is 1.35. The third-order valence-corrected chi connectivity index (χ3v) is 4.64. The molecule has 2 rings (SSSR count). The number of methoxy groups -OCH3 is 1. The van der Waals surface area contributed by atoms with E-state index >= 15 is 0 Å². The maximum absolute atomic E-state index is 11.8. The van der Waals surface area contributed by atoms with Crippen molar-refractivity contribution < 1.29 is 9.53 Å². The molecule has 98 valence electrons. The van der Waals surface area contributed by atoms with E-state index < -0.39 is 0 Å². The maximum atomic E-state index is 11.8. The Labute approximate surface area is 128 Å². The van der Waals surface area contributed by atoms with Crippen molar-refractivity contribution in [2.24, 2.45) is 0 Å². The van der Waals surface area contributed by atoms with Crippen LogP contribution in [0.2, 0.25) is 5.02 Å². The predicted octanol–water partition coefficient (Wildman–Crippen LogP) is 4.25. The zero-order valence-corrected chi connectivity index (χ0v) is 13.7. The topological polar surface area (TPSA) is 29.5 Å². The van der Waals surface area contributed by atoms with Crippen molar-refractivity contribution in [1.29, 1.82) is 0 Å². The van der Waals surface area contributed by atoms with Gasteiger partial charge in [0.25, 0.3) is 0 Å². The lowest BCUT2D eigenvalue weighted by Gasteiger charge is -2.22. The SMILES string of the molecule is COC(=O)c1c(Br)cc(Cl)c(N2CCCC2)c1Br. The van der Waals surface area contributed by atoms with Crippen LogP contribution in [0.25, 0.3) is 0 Å². The highest BCUT2D eigenvalue weighted by atomic mass is 79.9. The lowest BCUT2D eigenvalue weighted by atomic mass is 10.2. The quantitative estimate of drug-likeness (QED) is 0.699. The minimum absolute atomic E-state index is 0.383. The number of hydrogen-bond acceptors (Lipinski definition) is 3. The van der Waals surface area contributed by atoms with Gasteiger partial charge in [-0.25, -0.2) is 4.79 Å². The smallest absolute Gasteiger partial charge is 0.340 e. The Kier molecular flexibility index (Phi) is 4.56. The molecule has 0 spiro atoms. The van der Waals surface area contributed by atoms with Crippen LogP contribution in [0.5, 0.6) is 0 Å². The maximum Gasteiger partial charge on any atom is 0.340 e. The van der Waals surface area contributed by atoms with E-state index in [1.807, 2.05) is 0 Å². The number of ether oxygens (including phenoxy) is 1. The average Bonchev–Trinajstić information content (AvgIpc) is 2.81. The normalized spacial score (nSPS) is 15.0. The molecule has 1 aromatic carbocycles. The van der Waals surface area contributed by atoms with Gasteiger partial charge in [0.05, 0.1) is 27.9 Å². The van der Waals surface area contributed by atoms with E-state index in [1.165, 1.54) is 7.11 Å². The zero-order valence-electron chi connectivity index (χ0n) is 9.80. The van der Waals surface area contributed by atoms with Gasteiger partial charge in [0.2, 0.25) is 0 Å². The van der Waals surface area contributed by atoms with Crippen LogP contribution in [-0.4, -0.2) is 26.2 Å². The summed E-state index contributed by atoms with van der Waals surface area (Å²) in [5, 5.41) is 0.628. The third-order valence-electron chi connectivity index (χ3n) is 2.96. The van der Waals surface area contributed by atoms with Crippen LogP contribution >= 0.6 is 43.5 Å². The minimum Gasteiger partial charge on any atom is -0.465 e. The molecule has 0 radical (unpaired) electrons. The summed E-state index contributed by atoms with van der Waals surface area (Å²) in [7, 11) is 1.37. The number of nitrogens with zero attached hydrogens (tertiary/aromatic N) is 1. The van der Waals surface area contributed by atoms with Crippen LogP contribution in [-0.2, 0) is 4.74 Å². The molecule has 0 N–H and O–H groups in total. The summed E-state index contributed by atoms with van der Waals surface area (Å²) in [4.78, 5) is 14.0. The first kappa shape index (κ1) is 14.2. The Morgan fingerprint density at radius 3 is 2.56 bits per heavy atom. The Hall–Kier alpha value is -0.260. The number of anilines is 1. The zero-order chi connectivity index (χ0) is 13.3. The van der Waals surface area contributed by atoms with E-state index in [9.17, 15) is 4.79 Å². The van der Waals surface area contributed by atoms with Crippen LogP contribution in [0.15, 0.2) is 15.0 Å². The van der Waals surface area contributed by atoms with Crippen molar-refractivity contribution in [3.05, 3.63) is 25.6 Å². The second kappa shape index (κ2) is 5.80. The van der Waals surface area contributed by atoms with Crippen LogP contribution in [0.3, 0.4) is 0 Å². The van der Waals surface area contributed by atoms with Crippen molar-refractivity contribution in [2.45, 2.75) is 12.8 Å². The van der Waals surface area contributed by atoms with E-state index in [-0.39, 0.29) is 5.97 Å². The van der Waals surface area contributed by atoms with Gasteiger partial charge in [-0.05, 0) is 50.8 Å². The van der Waals surface area contributed by atoms with Crippen molar-refractivity contribution in [3.63, 3.8) is 0 Å². The second-order valence-electron chi connectivity index (χ2n) is 4.06. The Bertz CT molecular complexity index is 487. The van der Waals surface area contributed by atoms with Crippen LogP contribution in [0, 0.1) is 0 Å². The highest BCUT2D eigenvalue weighted by molar-refractivity contribution is 9.11. The molecule has 0 atom stereocenters. The van der Waals surface area contributed by atoms with Crippen LogP contribution in [0.1, 0.15) is 23.2 Å². The van der Waals surface area contributed by atoms with Crippen molar-refractivity contribution in [1.82, 2.24) is 0 Å². The number of hydrogen-bond donors (Lipinski definition) is 0. The van der Waals surface area contributed by atoms with Gasteiger partial charge >= 0.3 is 5.97 Å². The molecular formula is C12H12Br2ClNO2. The van der Waals surface area contributed by atoms with Gasteiger partial charge in [0, 0.05) is 17.6 Å². The van der Waals surface area contributed by atoms with Crippen LogP contribution < -0.4 is 4.90 Å². The number of carbonyl (C=O) groups excluding carboxylic acids is 1. The first-order chi connectivity index (χ1) is 8.56. The molecule has 1 saturated heterocycles. The molecule has 1 aliphatic rings. The molecule has 0 unspecified atom stereocenters. The molecular weight excluding hydrogens is 385 g/mol. The fourth-order valence-corrected chi connectivity index (χ4v) is 4.36. The van der Waals surface area contributed by atoms with Gasteiger partial charge in [-0.3, -0.25) is 0 Å². The third kappa shape index (κ3) is 2.53. The summed E-state index contributed by atoms with van der Waals surface area (Å²) in [6.45, 7) is 1.92. The van der Waals surface area contributed by atoms with Crippen molar-refractivity contribution >= 4 is 55.1 Å². The number of benzene rings is 1. The molecule has 0 bridgehead atoms. The van der Waals surface area contributed by atoms with Gasteiger partial charge in [-0.1, -0.05) is 11.6 Å². The Balaban J connectivity index is 2.55. The fraction of sp³-hybridized carbons (Fsp3) is 0.417. The minimum atomic E-state index is -0.383. The molecule has 18 heavy (non-hydrogen) atoms. The van der Waals surface area contributed by atoms with Gasteiger partial charge in [0.15, 0.2) is 0 Å². The summed E-state index contributed by atoms with van der Waals surface area (Å²) >= 11 is 13.1. The van der Waals surface area contributed by atoms with Gasteiger partial charge in [0.1, 0.15) is 0 Å². The van der Waals surface area contributed by atoms with E-state index in [1.54, 1.807) is 6.07 Å². The molecule has 0 aromatic heterocycles. The van der Waals surface area contributed by atoms with E-state index in [4.69, 9.17) is 16.3 Å². The molecule has 0 saturated carbocycles. The Morgan fingerprint density at radius 2 is 2.00 bits per heavy atom. The van der Waals surface area contributed by atoms with Crippen LogP contribution in [0.4, 0.5) is 5.69 Å². The predicted molar refractivity (Wildman–Crippen MR) is 79.6 cm³/mol. The lowest BCUT2D eigenvalue weighted by molar-refractivity contribution is 0.0598. The molecule has 0 aliphatic carbocycles. The van der Waals surface area contributed by atoms with Crippen molar-refractivity contribution in [3.8, 4) is 0 Å². The molecule has 1 aromatic rings. The summed E-state index contributed by atoms with van der Waals surface area (Å²) in [5.74, 6) is -0.383. The van der Waals surface area contributed by atoms with E-state index in [0.717, 1.165) is 31.6 Å². The first-order valence-corrected chi connectivity index (χ1v) is 7.53. The largest absolute Gasteiger partial charge is 0.465 e. The summed E-state index contributed by atoms with van der Waals surface area (Å²) in [6, 6.07) is 1.74. The van der Waals surface area contributed by atoms with Gasteiger partial charge in [-0.15, -0.1) is 0 Å². The molecule has 0 amide bonds. The number of halogens is 3. The highest BCUT2D eigenvalue weighted by Gasteiger charge is 2.25. The van der Waals surface area contributed by atoms with E-state index in [2.05, 4.69) is 36.8 Å². The number of carbonyl (C=O) groups is 1. The number of rotatable bonds is 2. The number of esters is 1. The molecule has 1 fully saturated rings. The second-order valence-corrected chi connectivity index (χ2v) is 6.12. The van der Waals surface area contributed by atoms with Gasteiger partial charge < -0.3 is 9.64 Å².